The maximum absolute atomic E-state index is 5.83. The third-order valence-electron chi connectivity index (χ3n) is 1.09. The number of aryl methyl sites for hydroxylation is 1. The highest BCUT2D eigenvalue weighted by Crippen LogP contribution is 2.23. The molecular formula is C7H8ClNS. The lowest BCUT2D eigenvalue weighted by molar-refractivity contribution is 1.12. The molecule has 1 nitrogen and oxygen atoms in total. The fourth-order valence-corrected chi connectivity index (χ4v) is 1.82. The van der Waals surface area contributed by atoms with Crippen LogP contribution in [-0.2, 0) is 6.42 Å². The molecule has 0 aliphatic rings. The van der Waals surface area contributed by atoms with Crippen LogP contribution in [0.4, 0.5) is 0 Å². The van der Waals surface area contributed by atoms with Gasteiger partial charge in [0.25, 0.3) is 0 Å². The molecule has 54 valence electrons. The van der Waals surface area contributed by atoms with Crippen LogP contribution in [0.25, 0.3) is 0 Å². The first-order valence-corrected chi connectivity index (χ1v) is 4.16. The number of halogens is 1. The van der Waals surface area contributed by atoms with E-state index in [0.29, 0.717) is 0 Å². The van der Waals surface area contributed by atoms with Gasteiger partial charge in [0.1, 0.15) is 4.34 Å². The van der Waals surface area contributed by atoms with Crippen LogP contribution in [0.2, 0.25) is 4.34 Å². The molecule has 0 N–H and O–H groups in total. The number of hydrogen-bond donors (Lipinski definition) is 0. The number of aromatic nitrogens is 1. The van der Waals surface area contributed by atoms with E-state index in [0.717, 1.165) is 21.5 Å². The van der Waals surface area contributed by atoms with E-state index in [1.54, 1.807) is 6.08 Å². The minimum absolute atomic E-state index is 0.767. The molecular weight excluding hydrogens is 166 g/mol. The first kappa shape index (κ1) is 7.76. The van der Waals surface area contributed by atoms with Gasteiger partial charge in [-0.2, -0.15) is 0 Å². The Balaban J connectivity index is 2.91. The van der Waals surface area contributed by atoms with E-state index >= 15 is 0 Å². The second-order valence-corrected chi connectivity index (χ2v) is 3.75. The van der Waals surface area contributed by atoms with Gasteiger partial charge >= 0.3 is 0 Å². The fourth-order valence-electron chi connectivity index (χ4n) is 0.708. The quantitative estimate of drug-likeness (QED) is 0.627. The van der Waals surface area contributed by atoms with Crippen LogP contribution in [0.3, 0.4) is 0 Å². The van der Waals surface area contributed by atoms with E-state index < -0.39 is 0 Å². The average molecular weight is 174 g/mol. The molecule has 1 heterocycles. The molecule has 1 aromatic heterocycles. The highest BCUT2D eigenvalue weighted by Gasteiger charge is 2.02. The highest BCUT2D eigenvalue weighted by atomic mass is 35.5. The molecule has 0 aliphatic heterocycles. The molecule has 0 atom stereocenters. The molecule has 0 saturated carbocycles. The Morgan fingerprint density at radius 2 is 2.50 bits per heavy atom. The van der Waals surface area contributed by atoms with E-state index in [9.17, 15) is 0 Å². The Labute approximate surface area is 69.4 Å². The zero-order chi connectivity index (χ0) is 7.56. The molecule has 0 spiro atoms. The summed E-state index contributed by atoms with van der Waals surface area (Å²) in [7, 11) is 0. The third kappa shape index (κ3) is 1.58. The molecule has 0 fully saturated rings. The van der Waals surface area contributed by atoms with Crippen molar-refractivity contribution in [2.45, 2.75) is 13.3 Å². The minimum Gasteiger partial charge on any atom is -0.245 e. The monoisotopic (exact) mass is 173 g/mol. The van der Waals surface area contributed by atoms with Gasteiger partial charge in [-0.1, -0.05) is 17.7 Å². The summed E-state index contributed by atoms with van der Waals surface area (Å²) in [5.41, 5.74) is 0.944. The average Bonchev–Trinajstić information content (AvgIpc) is 2.13. The van der Waals surface area contributed by atoms with Gasteiger partial charge in [0.05, 0.1) is 10.7 Å². The van der Waals surface area contributed by atoms with Crippen molar-refractivity contribution in [1.29, 1.82) is 0 Å². The van der Waals surface area contributed by atoms with Crippen molar-refractivity contribution in [3.05, 3.63) is 27.7 Å². The van der Waals surface area contributed by atoms with Crippen LogP contribution in [0.5, 0.6) is 0 Å². The third-order valence-corrected chi connectivity index (χ3v) is 2.35. The molecule has 0 aromatic carbocycles. The van der Waals surface area contributed by atoms with Gasteiger partial charge in [0.2, 0.25) is 0 Å². The number of nitrogens with zero attached hydrogens (tertiary/aromatic N) is 1. The molecule has 1 rings (SSSR count). The van der Waals surface area contributed by atoms with Crippen molar-refractivity contribution in [2.24, 2.45) is 0 Å². The Hall–Kier alpha value is -0.340. The Morgan fingerprint density at radius 3 is 2.90 bits per heavy atom. The summed E-state index contributed by atoms with van der Waals surface area (Å²) in [5.74, 6) is 0. The lowest BCUT2D eigenvalue weighted by atomic mass is 10.3. The lowest BCUT2D eigenvalue weighted by Gasteiger charge is -1.85. The zero-order valence-corrected chi connectivity index (χ0v) is 7.30. The van der Waals surface area contributed by atoms with E-state index in [1.807, 2.05) is 6.92 Å². The second kappa shape index (κ2) is 3.17. The van der Waals surface area contributed by atoms with Crippen molar-refractivity contribution >= 4 is 22.9 Å². The van der Waals surface area contributed by atoms with Crippen LogP contribution < -0.4 is 0 Å². The number of rotatable bonds is 2. The van der Waals surface area contributed by atoms with Crippen LogP contribution in [0.1, 0.15) is 10.7 Å². The molecule has 1 aromatic rings. The maximum atomic E-state index is 5.83. The molecule has 0 radical (unpaired) electrons. The molecule has 0 saturated heterocycles. The number of allylic oxidation sites excluding steroid dienone is 1. The van der Waals surface area contributed by atoms with E-state index in [2.05, 4.69) is 11.6 Å². The first-order valence-electron chi connectivity index (χ1n) is 2.96. The number of hydrogen-bond acceptors (Lipinski definition) is 2. The van der Waals surface area contributed by atoms with Gasteiger partial charge in [0, 0.05) is 6.42 Å². The normalized spacial score (nSPS) is 9.80. The van der Waals surface area contributed by atoms with Gasteiger partial charge < -0.3 is 0 Å². The Bertz CT molecular complexity index is 242. The molecule has 0 unspecified atom stereocenters. The van der Waals surface area contributed by atoms with Gasteiger partial charge in [0.15, 0.2) is 0 Å². The molecule has 3 heteroatoms. The Morgan fingerprint density at radius 1 is 1.80 bits per heavy atom. The first-order chi connectivity index (χ1) is 4.74. The van der Waals surface area contributed by atoms with E-state index in [1.165, 1.54) is 11.3 Å². The van der Waals surface area contributed by atoms with Crippen molar-refractivity contribution in [2.75, 3.05) is 0 Å². The molecule has 0 amide bonds. The summed E-state index contributed by atoms with van der Waals surface area (Å²) in [4.78, 5) is 4.22. The van der Waals surface area contributed by atoms with Crippen LogP contribution in [0.15, 0.2) is 12.7 Å². The largest absolute Gasteiger partial charge is 0.245 e. The predicted molar refractivity (Wildman–Crippen MR) is 45.8 cm³/mol. The van der Waals surface area contributed by atoms with Gasteiger partial charge in [-0.15, -0.1) is 17.9 Å². The van der Waals surface area contributed by atoms with Crippen LogP contribution in [-0.4, -0.2) is 4.98 Å². The van der Waals surface area contributed by atoms with Crippen molar-refractivity contribution < 1.29 is 0 Å². The summed E-state index contributed by atoms with van der Waals surface area (Å²) < 4.78 is 0.789. The van der Waals surface area contributed by atoms with E-state index in [-0.39, 0.29) is 0 Å². The highest BCUT2D eigenvalue weighted by molar-refractivity contribution is 7.15. The van der Waals surface area contributed by atoms with Gasteiger partial charge in [-0.05, 0) is 6.92 Å². The zero-order valence-electron chi connectivity index (χ0n) is 5.72. The summed E-state index contributed by atoms with van der Waals surface area (Å²) in [6.45, 7) is 5.56. The standard InChI is InChI=1S/C7H8ClNS/c1-3-4-6-7(8)10-5(2)9-6/h3H,1,4H2,2H3. The lowest BCUT2D eigenvalue weighted by Crippen LogP contribution is -1.80. The SMILES string of the molecule is C=CCc1nc(C)sc1Cl. The smallest absolute Gasteiger partial charge is 0.116 e. The summed E-state index contributed by atoms with van der Waals surface area (Å²) in [5, 5.41) is 1.02. The maximum Gasteiger partial charge on any atom is 0.116 e. The second-order valence-electron chi connectivity index (χ2n) is 1.95. The Kier molecular flexibility index (Phi) is 2.46. The minimum atomic E-state index is 0.767. The van der Waals surface area contributed by atoms with Crippen LogP contribution >= 0.6 is 22.9 Å². The summed E-state index contributed by atoms with van der Waals surface area (Å²) >= 11 is 7.35. The summed E-state index contributed by atoms with van der Waals surface area (Å²) in [6, 6.07) is 0. The number of thiazole rings is 1. The topological polar surface area (TPSA) is 12.9 Å². The van der Waals surface area contributed by atoms with Crippen LogP contribution in [0, 0.1) is 6.92 Å². The van der Waals surface area contributed by atoms with Crippen molar-refractivity contribution in [3.8, 4) is 0 Å². The summed E-state index contributed by atoms with van der Waals surface area (Å²) in [6.07, 6.45) is 2.57. The van der Waals surface area contributed by atoms with Gasteiger partial charge in [-0.3, -0.25) is 0 Å². The predicted octanol–water partition coefficient (Wildman–Crippen LogP) is 2.83. The van der Waals surface area contributed by atoms with Gasteiger partial charge in [-0.25, -0.2) is 4.98 Å². The molecule has 10 heavy (non-hydrogen) atoms. The molecule has 0 aliphatic carbocycles. The van der Waals surface area contributed by atoms with Crippen molar-refractivity contribution in [1.82, 2.24) is 4.98 Å². The van der Waals surface area contributed by atoms with E-state index in [4.69, 9.17) is 11.6 Å². The molecule has 0 bridgehead atoms. The van der Waals surface area contributed by atoms with Crippen molar-refractivity contribution in [3.63, 3.8) is 0 Å². The fraction of sp³-hybridized carbons (Fsp3) is 0.286.